The summed E-state index contributed by atoms with van der Waals surface area (Å²) >= 11 is 0. The molecule has 4 rings (SSSR count). The van der Waals surface area contributed by atoms with Gasteiger partial charge in [-0.05, 0) is 62.0 Å². The van der Waals surface area contributed by atoms with Gasteiger partial charge >= 0.3 is 0 Å². The molecule has 1 amide bonds. The Hall–Kier alpha value is -2.32. The molecule has 3 aliphatic rings. The van der Waals surface area contributed by atoms with Crippen molar-refractivity contribution in [3.05, 3.63) is 23.3 Å². The quantitative estimate of drug-likeness (QED) is 0.686. The third-order valence-corrected chi connectivity index (χ3v) is 6.68. The second kappa shape index (κ2) is 11.3. The largest absolute Gasteiger partial charge is 0.493 e. The summed E-state index contributed by atoms with van der Waals surface area (Å²) < 4.78 is 11.0. The van der Waals surface area contributed by atoms with E-state index in [2.05, 4.69) is 21.9 Å². The Kier molecular flexibility index (Phi) is 8.54. The predicted octanol–water partition coefficient (Wildman–Crippen LogP) is 1.85. The Balaban J connectivity index is 0.000000858. The van der Waals surface area contributed by atoms with Crippen molar-refractivity contribution in [2.24, 2.45) is 0 Å². The minimum Gasteiger partial charge on any atom is -0.493 e. The molecule has 0 saturated carbocycles. The molecule has 0 unspecified atom stereocenters. The maximum atomic E-state index is 11.8. The lowest BCUT2D eigenvalue weighted by Crippen LogP contribution is -2.48. The van der Waals surface area contributed by atoms with Gasteiger partial charge in [0.15, 0.2) is 11.5 Å². The molecule has 172 valence electrons. The Bertz CT molecular complexity index is 749. The van der Waals surface area contributed by atoms with Gasteiger partial charge in [0, 0.05) is 45.2 Å². The standard InChI is InChI=1S/C22H33N3O3.CH2O2/c1-27-20-14-17-5-11-25(16-18(17)15-21(20)28-2)19-6-9-23(10-7-19)12-13-24-8-3-4-22(24)26;2-1-3/h14-15,19H,3-13,16H2,1-2H3;1H,(H,2,3). The van der Waals surface area contributed by atoms with Crippen LogP contribution in [0.15, 0.2) is 12.1 Å². The van der Waals surface area contributed by atoms with Crippen molar-refractivity contribution in [3.63, 3.8) is 0 Å². The Morgan fingerprint density at radius 3 is 2.23 bits per heavy atom. The van der Waals surface area contributed by atoms with Gasteiger partial charge in [0.1, 0.15) is 0 Å². The number of amides is 1. The third kappa shape index (κ3) is 5.89. The maximum absolute atomic E-state index is 11.8. The van der Waals surface area contributed by atoms with E-state index < -0.39 is 0 Å². The number of hydrogen-bond acceptors (Lipinski definition) is 6. The lowest BCUT2D eigenvalue weighted by atomic mass is 9.95. The SMILES string of the molecule is COc1cc2c(cc1OC)CN(C1CCN(CCN3CCCC3=O)CC1)CC2.O=CO. The molecule has 0 aliphatic carbocycles. The van der Waals surface area contributed by atoms with E-state index in [1.54, 1.807) is 14.2 Å². The van der Waals surface area contributed by atoms with Crippen LogP contribution in [-0.2, 0) is 22.6 Å². The minimum atomic E-state index is -0.250. The van der Waals surface area contributed by atoms with E-state index in [4.69, 9.17) is 19.4 Å². The van der Waals surface area contributed by atoms with E-state index >= 15 is 0 Å². The average molecular weight is 434 g/mol. The molecule has 1 aromatic rings. The maximum Gasteiger partial charge on any atom is 0.290 e. The number of benzene rings is 1. The Labute approximate surface area is 184 Å². The predicted molar refractivity (Wildman–Crippen MR) is 118 cm³/mol. The van der Waals surface area contributed by atoms with Gasteiger partial charge in [-0.25, -0.2) is 0 Å². The number of ether oxygens (including phenoxy) is 2. The van der Waals surface area contributed by atoms with Crippen LogP contribution >= 0.6 is 0 Å². The first-order chi connectivity index (χ1) is 15.1. The molecule has 3 aliphatic heterocycles. The number of carbonyl (C=O) groups is 2. The van der Waals surface area contributed by atoms with Crippen LogP contribution in [-0.4, -0.2) is 91.7 Å². The zero-order valence-electron chi connectivity index (χ0n) is 18.7. The van der Waals surface area contributed by atoms with Crippen molar-refractivity contribution in [1.29, 1.82) is 0 Å². The number of likely N-dealkylation sites (tertiary alicyclic amines) is 2. The molecule has 8 heteroatoms. The number of rotatable bonds is 6. The molecular weight excluding hydrogens is 398 g/mol. The van der Waals surface area contributed by atoms with Crippen LogP contribution in [0.5, 0.6) is 11.5 Å². The van der Waals surface area contributed by atoms with Crippen LogP contribution in [0.2, 0.25) is 0 Å². The second-order valence-electron chi connectivity index (χ2n) is 8.36. The van der Waals surface area contributed by atoms with E-state index in [1.165, 1.54) is 24.0 Å². The summed E-state index contributed by atoms with van der Waals surface area (Å²) in [6.45, 7) is 7.04. The Morgan fingerprint density at radius 1 is 1.00 bits per heavy atom. The lowest BCUT2D eigenvalue weighted by molar-refractivity contribution is -0.128. The highest BCUT2D eigenvalue weighted by Gasteiger charge is 2.29. The van der Waals surface area contributed by atoms with Crippen LogP contribution in [0.1, 0.15) is 36.8 Å². The summed E-state index contributed by atoms with van der Waals surface area (Å²) in [5.41, 5.74) is 2.76. The van der Waals surface area contributed by atoms with Crippen molar-refractivity contribution >= 4 is 12.4 Å². The van der Waals surface area contributed by atoms with E-state index in [0.717, 1.165) is 76.6 Å². The van der Waals surface area contributed by atoms with Crippen LogP contribution in [0.3, 0.4) is 0 Å². The molecule has 0 bridgehead atoms. The number of fused-ring (bicyclic) bond motifs is 1. The van der Waals surface area contributed by atoms with Crippen molar-refractivity contribution < 1.29 is 24.2 Å². The fourth-order valence-corrected chi connectivity index (χ4v) is 4.93. The summed E-state index contributed by atoms with van der Waals surface area (Å²) in [5.74, 6) is 2.00. The minimum absolute atomic E-state index is 0.250. The second-order valence-corrected chi connectivity index (χ2v) is 8.36. The molecular formula is C23H35N3O5. The molecule has 1 aromatic carbocycles. The summed E-state index contributed by atoms with van der Waals surface area (Å²) in [4.78, 5) is 27.4. The Morgan fingerprint density at radius 2 is 1.65 bits per heavy atom. The van der Waals surface area contributed by atoms with Crippen LogP contribution in [0.4, 0.5) is 0 Å². The smallest absolute Gasteiger partial charge is 0.290 e. The highest BCUT2D eigenvalue weighted by Crippen LogP contribution is 2.34. The molecule has 0 radical (unpaired) electrons. The molecule has 1 N–H and O–H groups in total. The molecule has 3 heterocycles. The van der Waals surface area contributed by atoms with Gasteiger partial charge in [0.25, 0.3) is 6.47 Å². The highest BCUT2D eigenvalue weighted by atomic mass is 16.5. The summed E-state index contributed by atoms with van der Waals surface area (Å²) in [7, 11) is 3.41. The number of carbonyl (C=O) groups excluding carboxylic acids is 1. The molecule has 8 nitrogen and oxygen atoms in total. The van der Waals surface area contributed by atoms with E-state index in [1.807, 2.05) is 4.90 Å². The van der Waals surface area contributed by atoms with E-state index in [0.29, 0.717) is 11.9 Å². The number of hydrogen-bond donors (Lipinski definition) is 1. The topological polar surface area (TPSA) is 82.6 Å². The lowest BCUT2D eigenvalue weighted by Gasteiger charge is -2.41. The normalized spacial score (nSPS) is 20.1. The fraction of sp³-hybridized carbons (Fsp3) is 0.652. The average Bonchev–Trinajstić information content (AvgIpc) is 3.21. The van der Waals surface area contributed by atoms with Crippen LogP contribution < -0.4 is 9.47 Å². The van der Waals surface area contributed by atoms with E-state index in [-0.39, 0.29) is 6.47 Å². The van der Waals surface area contributed by atoms with Crippen LogP contribution in [0, 0.1) is 0 Å². The highest BCUT2D eigenvalue weighted by molar-refractivity contribution is 5.78. The summed E-state index contributed by atoms with van der Waals surface area (Å²) in [6, 6.07) is 4.96. The molecule has 31 heavy (non-hydrogen) atoms. The van der Waals surface area contributed by atoms with Gasteiger partial charge < -0.3 is 24.4 Å². The monoisotopic (exact) mass is 433 g/mol. The van der Waals surface area contributed by atoms with Crippen molar-refractivity contribution in [1.82, 2.24) is 14.7 Å². The first-order valence-electron chi connectivity index (χ1n) is 11.2. The van der Waals surface area contributed by atoms with E-state index in [9.17, 15) is 4.79 Å². The van der Waals surface area contributed by atoms with Crippen molar-refractivity contribution in [3.8, 4) is 11.5 Å². The third-order valence-electron chi connectivity index (χ3n) is 6.68. The van der Waals surface area contributed by atoms with Crippen molar-refractivity contribution in [2.75, 3.05) is 53.5 Å². The molecule has 2 fully saturated rings. The van der Waals surface area contributed by atoms with Gasteiger partial charge in [0.05, 0.1) is 14.2 Å². The number of piperidine rings is 1. The van der Waals surface area contributed by atoms with Gasteiger partial charge in [0.2, 0.25) is 5.91 Å². The zero-order valence-corrected chi connectivity index (χ0v) is 18.7. The zero-order chi connectivity index (χ0) is 22.2. The van der Waals surface area contributed by atoms with Gasteiger partial charge in [-0.2, -0.15) is 0 Å². The molecule has 2 saturated heterocycles. The van der Waals surface area contributed by atoms with Crippen LogP contribution in [0.25, 0.3) is 0 Å². The molecule has 0 atom stereocenters. The fourth-order valence-electron chi connectivity index (χ4n) is 4.93. The van der Waals surface area contributed by atoms with Gasteiger partial charge in [-0.3, -0.25) is 14.5 Å². The van der Waals surface area contributed by atoms with Gasteiger partial charge in [-0.1, -0.05) is 0 Å². The number of nitrogens with zero attached hydrogens (tertiary/aromatic N) is 3. The number of carboxylic acid groups (broad SMARTS) is 1. The number of methoxy groups -OCH3 is 2. The first kappa shape index (κ1) is 23.3. The summed E-state index contributed by atoms with van der Waals surface area (Å²) in [5, 5.41) is 6.89. The van der Waals surface area contributed by atoms with Gasteiger partial charge in [-0.15, -0.1) is 0 Å². The molecule has 0 aromatic heterocycles. The van der Waals surface area contributed by atoms with Crippen molar-refractivity contribution in [2.45, 2.75) is 44.7 Å². The summed E-state index contributed by atoms with van der Waals surface area (Å²) in [6.07, 6.45) is 5.29. The molecule has 0 spiro atoms. The first-order valence-corrected chi connectivity index (χ1v) is 11.2.